The summed E-state index contributed by atoms with van der Waals surface area (Å²) in [4.78, 5) is 16.9. The fourth-order valence-electron chi connectivity index (χ4n) is 4.52. The number of hydrogen-bond acceptors (Lipinski definition) is 7. The van der Waals surface area contributed by atoms with Gasteiger partial charge in [-0.3, -0.25) is 9.78 Å². The van der Waals surface area contributed by atoms with Gasteiger partial charge in [-0.15, -0.1) is 11.8 Å². The molecule has 34 heavy (non-hydrogen) atoms. The first-order valence-corrected chi connectivity index (χ1v) is 12.3. The van der Waals surface area contributed by atoms with Gasteiger partial charge in [0.2, 0.25) is 5.91 Å². The fourth-order valence-corrected chi connectivity index (χ4v) is 5.80. The smallest absolute Gasteiger partial charge is 0.249 e. The lowest BCUT2D eigenvalue weighted by molar-refractivity contribution is 0.100. The van der Waals surface area contributed by atoms with E-state index in [9.17, 15) is 4.79 Å². The minimum absolute atomic E-state index is 0.0213. The van der Waals surface area contributed by atoms with Crippen molar-refractivity contribution in [1.82, 2.24) is 19.9 Å². The number of aromatic nitrogens is 4. The molecule has 174 valence electrons. The van der Waals surface area contributed by atoms with Crippen LogP contribution in [-0.2, 0) is 6.54 Å². The maximum absolute atomic E-state index is 12.3. The van der Waals surface area contributed by atoms with Gasteiger partial charge in [0, 0.05) is 42.2 Å². The lowest BCUT2D eigenvalue weighted by Crippen LogP contribution is -2.14. The van der Waals surface area contributed by atoms with Gasteiger partial charge in [0.25, 0.3) is 0 Å². The molecule has 8 nitrogen and oxygen atoms in total. The van der Waals surface area contributed by atoms with Crippen LogP contribution in [-0.4, -0.2) is 38.1 Å². The lowest BCUT2D eigenvalue weighted by Gasteiger charge is -2.21. The second-order valence-electron chi connectivity index (χ2n) is 8.22. The molecule has 1 amide bonds. The number of aryl methyl sites for hydroxylation is 2. The van der Waals surface area contributed by atoms with Gasteiger partial charge in [0.05, 0.1) is 22.2 Å². The van der Waals surface area contributed by atoms with E-state index < -0.39 is 5.91 Å². The molecule has 3 N–H and O–H groups in total. The number of pyridine rings is 1. The molecule has 9 heteroatoms. The SMILES string of the molecule is CCn1nc(-c2ccccn2)c2c1NCCSC2c1ccc(C(N)=O)c(-c2cc(C)no2)c1C. The number of carbonyl (C=O) groups excluding carboxylic acids is 1. The molecule has 4 heterocycles. The summed E-state index contributed by atoms with van der Waals surface area (Å²) >= 11 is 1.84. The summed E-state index contributed by atoms with van der Waals surface area (Å²) in [5.41, 5.74) is 12.4. The number of nitrogens with one attached hydrogen (secondary N) is 1. The molecule has 5 rings (SSSR count). The van der Waals surface area contributed by atoms with Crippen LogP contribution in [0, 0.1) is 13.8 Å². The van der Waals surface area contributed by atoms with Gasteiger partial charge in [0.15, 0.2) is 5.76 Å². The normalized spacial score (nSPS) is 15.4. The van der Waals surface area contributed by atoms with Crippen molar-refractivity contribution < 1.29 is 9.32 Å². The van der Waals surface area contributed by atoms with Gasteiger partial charge in [-0.25, -0.2) is 4.68 Å². The van der Waals surface area contributed by atoms with Crippen LogP contribution in [0.2, 0.25) is 0 Å². The van der Waals surface area contributed by atoms with E-state index in [4.69, 9.17) is 15.4 Å². The van der Waals surface area contributed by atoms with Crippen LogP contribution in [0.5, 0.6) is 0 Å². The minimum Gasteiger partial charge on any atom is -0.369 e. The van der Waals surface area contributed by atoms with Crippen LogP contribution in [0.1, 0.15) is 44.9 Å². The van der Waals surface area contributed by atoms with E-state index in [2.05, 4.69) is 22.4 Å². The topological polar surface area (TPSA) is 112 Å². The highest BCUT2D eigenvalue weighted by Gasteiger charge is 2.32. The number of amides is 1. The summed E-state index contributed by atoms with van der Waals surface area (Å²) in [5, 5.41) is 12.5. The molecule has 0 saturated carbocycles. The molecular formula is C25H26N6O2S. The van der Waals surface area contributed by atoms with E-state index >= 15 is 0 Å². The number of hydrogen-bond donors (Lipinski definition) is 2. The molecule has 3 aromatic heterocycles. The second kappa shape index (κ2) is 8.98. The van der Waals surface area contributed by atoms with Crippen molar-refractivity contribution in [2.75, 3.05) is 17.6 Å². The Bertz CT molecular complexity index is 1360. The first-order chi connectivity index (χ1) is 16.5. The van der Waals surface area contributed by atoms with E-state index in [1.807, 2.05) is 60.6 Å². The predicted molar refractivity (Wildman–Crippen MR) is 134 cm³/mol. The van der Waals surface area contributed by atoms with Gasteiger partial charge in [-0.1, -0.05) is 17.3 Å². The highest BCUT2D eigenvalue weighted by Crippen LogP contribution is 2.48. The predicted octanol–water partition coefficient (Wildman–Crippen LogP) is 4.58. The van der Waals surface area contributed by atoms with E-state index in [0.717, 1.165) is 58.4 Å². The molecule has 1 atom stereocenters. The fraction of sp³-hybridized carbons (Fsp3) is 0.280. The summed E-state index contributed by atoms with van der Waals surface area (Å²) in [7, 11) is 0. The maximum Gasteiger partial charge on any atom is 0.249 e. The molecule has 0 spiro atoms. The van der Waals surface area contributed by atoms with E-state index in [1.54, 1.807) is 12.3 Å². The summed E-state index contributed by atoms with van der Waals surface area (Å²) in [5.74, 6) is 1.96. The third-order valence-electron chi connectivity index (χ3n) is 6.07. The Labute approximate surface area is 201 Å². The van der Waals surface area contributed by atoms with Crippen LogP contribution in [0.3, 0.4) is 0 Å². The molecule has 0 saturated heterocycles. The van der Waals surface area contributed by atoms with Crippen LogP contribution in [0.4, 0.5) is 5.82 Å². The van der Waals surface area contributed by atoms with Gasteiger partial charge >= 0.3 is 0 Å². The zero-order chi connectivity index (χ0) is 23.8. The van der Waals surface area contributed by atoms with Gasteiger partial charge < -0.3 is 15.6 Å². The van der Waals surface area contributed by atoms with Gasteiger partial charge in [-0.05, 0) is 50.1 Å². The van der Waals surface area contributed by atoms with Crippen molar-refractivity contribution in [2.45, 2.75) is 32.6 Å². The number of carbonyl (C=O) groups is 1. The lowest BCUT2D eigenvalue weighted by atomic mass is 9.90. The average Bonchev–Trinajstić information content (AvgIpc) is 3.36. The Hall–Kier alpha value is -3.59. The summed E-state index contributed by atoms with van der Waals surface area (Å²) in [6.07, 6.45) is 1.79. The molecule has 0 aliphatic carbocycles. The first-order valence-electron chi connectivity index (χ1n) is 11.2. The average molecular weight is 475 g/mol. The number of fused-ring (bicyclic) bond motifs is 1. The number of rotatable bonds is 5. The van der Waals surface area contributed by atoms with Gasteiger partial charge in [-0.2, -0.15) is 5.10 Å². The van der Waals surface area contributed by atoms with Crippen molar-refractivity contribution in [3.63, 3.8) is 0 Å². The van der Waals surface area contributed by atoms with Gasteiger partial charge in [0.1, 0.15) is 11.5 Å². The monoisotopic (exact) mass is 474 g/mol. The molecule has 0 bridgehead atoms. The molecule has 1 unspecified atom stereocenters. The van der Waals surface area contributed by atoms with Crippen molar-refractivity contribution in [1.29, 1.82) is 0 Å². The summed E-state index contributed by atoms with van der Waals surface area (Å²) < 4.78 is 7.58. The Morgan fingerprint density at radius 1 is 1.29 bits per heavy atom. The Balaban J connectivity index is 1.75. The quantitative estimate of drug-likeness (QED) is 0.435. The summed E-state index contributed by atoms with van der Waals surface area (Å²) in [6, 6.07) is 11.5. The molecule has 0 fully saturated rings. The maximum atomic E-state index is 12.3. The third kappa shape index (κ3) is 3.75. The highest BCUT2D eigenvalue weighted by atomic mass is 32.2. The van der Waals surface area contributed by atoms with Crippen LogP contribution in [0.15, 0.2) is 47.1 Å². The van der Waals surface area contributed by atoms with Crippen LogP contribution < -0.4 is 11.1 Å². The number of nitrogens with two attached hydrogens (primary N) is 1. The third-order valence-corrected chi connectivity index (χ3v) is 7.33. The van der Waals surface area contributed by atoms with Crippen LogP contribution in [0.25, 0.3) is 22.7 Å². The molecule has 1 aromatic carbocycles. The standard InChI is InChI=1S/C25H26N6O2S/c1-4-31-25-21(22(29-31)18-7-5-6-10-27-18)23(34-12-11-28-25)16-8-9-17(24(26)32)20(15(16)3)19-13-14(2)30-33-19/h5-10,13,23,28H,4,11-12H2,1-3H3,(H2,26,32). The van der Waals surface area contributed by atoms with Crippen molar-refractivity contribution in [3.05, 3.63) is 70.5 Å². The van der Waals surface area contributed by atoms with E-state index in [1.165, 1.54) is 0 Å². The largest absolute Gasteiger partial charge is 0.369 e. The summed E-state index contributed by atoms with van der Waals surface area (Å²) in [6.45, 7) is 7.52. The molecule has 1 aliphatic heterocycles. The zero-order valence-electron chi connectivity index (χ0n) is 19.3. The second-order valence-corrected chi connectivity index (χ2v) is 9.43. The minimum atomic E-state index is -0.498. The molecular weight excluding hydrogens is 448 g/mol. The Morgan fingerprint density at radius 3 is 2.82 bits per heavy atom. The molecule has 1 aliphatic rings. The number of nitrogens with zero attached hydrogens (tertiary/aromatic N) is 4. The number of primary amides is 1. The number of benzene rings is 1. The van der Waals surface area contributed by atoms with E-state index in [0.29, 0.717) is 16.9 Å². The van der Waals surface area contributed by atoms with Crippen molar-refractivity contribution in [2.24, 2.45) is 5.73 Å². The zero-order valence-corrected chi connectivity index (χ0v) is 20.1. The Morgan fingerprint density at radius 2 is 2.15 bits per heavy atom. The van der Waals surface area contributed by atoms with Crippen LogP contribution >= 0.6 is 11.8 Å². The Kier molecular flexibility index (Phi) is 5.87. The molecule has 4 aromatic rings. The number of thioether (sulfide) groups is 1. The van der Waals surface area contributed by atoms with Crippen molar-refractivity contribution in [3.8, 4) is 22.7 Å². The van der Waals surface area contributed by atoms with E-state index in [-0.39, 0.29) is 5.25 Å². The highest BCUT2D eigenvalue weighted by molar-refractivity contribution is 7.99. The molecule has 0 radical (unpaired) electrons. The first kappa shape index (κ1) is 22.2. The number of anilines is 1. The van der Waals surface area contributed by atoms with Crippen molar-refractivity contribution >= 4 is 23.5 Å².